The lowest BCUT2D eigenvalue weighted by Crippen LogP contribution is -2.46. The van der Waals surface area contributed by atoms with Crippen LogP contribution in [0.1, 0.15) is 18.4 Å². The van der Waals surface area contributed by atoms with Gasteiger partial charge in [0.05, 0.1) is 5.60 Å². The van der Waals surface area contributed by atoms with Crippen molar-refractivity contribution in [1.82, 2.24) is 5.32 Å². The molecule has 108 valence electrons. The number of amides is 1. The number of aliphatic hydroxyl groups is 1. The molecule has 0 aromatic heterocycles. The molecule has 2 rings (SSSR count). The van der Waals surface area contributed by atoms with E-state index in [1.54, 1.807) is 18.2 Å². The van der Waals surface area contributed by atoms with Gasteiger partial charge in [-0.05, 0) is 23.8 Å². The molecule has 1 aliphatic rings. The number of nitrogen functional groups attached to an aromatic ring is 1. The van der Waals surface area contributed by atoms with Crippen molar-refractivity contribution in [2.75, 3.05) is 25.5 Å². The Morgan fingerprint density at radius 1 is 1.45 bits per heavy atom. The second-order valence-electron chi connectivity index (χ2n) is 5.06. The van der Waals surface area contributed by atoms with Crippen molar-refractivity contribution in [3.05, 3.63) is 35.9 Å². The molecule has 1 amide bonds. The van der Waals surface area contributed by atoms with Crippen LogP contribution in [0.25, 0.3) is 6.08 Å². The summed E-state index contributed by atoms with van der Waals surface area (Å²) in [4.78, 5) is 11.7. The Morgan fingerprint density at radius 3 is 2.90 bits per heavy atom. The molecule has 1 aromatic carbocycles. The standard InChI is InChI=1S/C15H20N2O3/c16-13-3-1-2-12(10-13)4-5-14(18)17-11-15(19)6-8-20-9-7-15/h1-5,10,19H,6-9,11,16H2,(H,17,18)/b5-4+. The predicted octanol–water partition coefficient (Wildman–Crippen LogP) is 0.940. The molecule has 0 atom stereocenters. The third-order valence-corrected chi connectivity index (χ3v) is 3.35. The van der Waals surface area contributed by atoms with E-state index in [1.807, 2.05) is 12.1 Å². The molecule has 1 heterocycles. The SMILES string of the molecule is Nc1cccc(/C=C/C(=O)NCC2(O)CCOCC2)c1. The lowest BCUT2D eigenvalue weighted by molar-refractivity contribution is -0.119. The highest BCUT2D eigenvalue weighted by Gasteiger charge is 2.29. The zero-order valence-electron chi connectivity index (χ0n) is 11.3. The third-order valence-electron chi connectivity index (χ3n) is 3.35. The maximum absolute atomic E-state index is 11.7. The van der Waals surface area contributed by atoms with Crippen LogP contribution >= 0.6 is 0 Å². The average Bonchev–Trinajstić information content (AvgIpc) is 2.44. The van der Waals surface area contributed by atoms with Gasteiger partial charge in [0.25, 0.3) is 0 Å². The van der Waals surface area contributed by atoms with E-state index in [2.05, 4.69) is 5.32 Å². The summed E-state index contributed by atoms with van der Waals surface area (Å²) in [6.07, 6.45) is 4.23. The van der Waals surface area contributed by atoms with Crippen LogP contribution in [0, 0.1) is 0 Å². The highest BCUT2D eigenvalue weighted by molar-refractivity contribution is 5.91. The number of nitrogens with one attached hydrogen (secondary N) is 1. The molecule has 1 saturated heterocycles. The summed E-state index contributed by atoms with van der Waals surface area (Å²) in [5.41, 5.74) is 6.33. The first-order valence-corrected chi connectivity index (χ1v) is 6.69. The van der Waals surface area contributed by atoms with E-state index >= 15 is 0 Å². The Kier molecular flexibility index (Phi) is 4.76. The Hall–Kier alpha value is -1.85. The fraction of sp³-hybridized carbons (Fsp3) is 0.400. The minimum absolute atomic E-state index is 0.229. The molecule has 0 unspecified atom stereocenters. The van der Waals surface area contributed by atoms with Gasteiger partial charge >= 0.3 is 0 Å². The van der Waals surface area contributed by atoms with Crippen molar-refractivity contribution in [2.45, 2.75) is 18.4 Å². The van der Waals surface area contributed by atoms with Crippen molar-refractivity contribution in [2.24, 2.45) is 0 Å². The molecular weight excluding hydrogens is 256 g/mol. The van der Waals surface area contributed by atoms with E-state index < -0.39 is 5.60 Å². The number of ether oxygens (including phenoxy) is 1. The largest absolute Gasteiger partial charge is 0.399 e. The second-order valence-corrected chi connectivity index (χ2v) is 5.06. The van der Waals surface area contributed by atoms with Gasteiger partial charge in [-0.15, -0.1) is 0 Å². The number of hydrogen-bond donors (Lipinski definition) is 3. The number of carbonyl (C=O) groups excluding carboxylic acids is 1. The van der Waals surface area contributed by atoms with Crippen LogP contribution in [0.3, 0.4) is 0 Å². The minimum atomic E-state index is -0.848. The molecule has 1 fully saturated rings. The van der Waals surface area contributed by atoms with Crippen LogP contribution in [0.4, 0.5) is 5.69 Å². The fourth-order valence-electron chi connectivity index (χ4n) is 2.07. The molecule has 0 radical (unpaired) electrons. The Bertz CT molecular complexity index is 494. The zero-order valence-corrected chi connectivity index (χ0v) is 11.3. The molecule has 1 aliphatic heterocycles. The quantitative estimate of drug-likeness (QED) is 0.564. The maximum Gasteiger partial charge on any atom is 0.244 e. The molecule has 0 saturated carbocycles. The van der Waals surface area contributed by atoms with E-state index in [1.165, 1.54) is 6.08 Å². The highest BCUT2D eigenvalue weighted by atomic mass is 16.5. The van der Waals surface area contributed by atoms with Gasteiger partial charge in [-0.1, -0.05) is 12.1 Å². The first-order valence-electron chi connectivity index (χ1n) is 6.69. The van der Waals surface area contributed by atoms with Gasteiger partial charge in [0.1, 0.15) is 0 Å². The Labute approximate surface area is 118 Å². The molecule has 1 aromatic rings. The summed E-state index contributed by atoms with van der Waals surface area (Å²) in [5.74, 6) is -0.229. The van der Waals surface area contributed by atoms with E-state index in [0.29, 0.717) is 31.7 Å². The number of nitrogens with two attached hydrogens (primary N) is 1. The van der Waals surface area contributed by atoms with Crippen molar-refractivity contribution in [1.29, 1.82) is 0 Å². The number of anilines is 1. The highest BCUT2D eigenvalue weighted by Crippen LogP contribution is 2.19. The summed E-state index contributed by atoms with van der Waals surface area (Å²) in [7, 11) is 0. The number of hydrogen-bond acceptors (Lipinski definition) is 4. The summed E-state index contributed by atoms with van der Waals surface area (Å²) < 4.78 is 5.19. The van der Waals surface area contributed by atoms with E-state index in [0.717, 1.165) is 5.56 Å². The molecule has 0 spiro atoms. The molecule has 4 N–H and O–H groups in total. The first kappa shape index (κ1) is 14.6. The van der Waals surface area contributed by atoms with Crippen molar-refractivity contribution in [3.63, 3.8) is 0 Å². The molecular formula is C15H20N2O3. The monoisotopic (exact) mass is 276 g/mol. The van der Waals surface area contributed by atoms with Gasteiger partial charge in [0.2, 0.25) is 5.91 Å². The fourth-order valence-corrected chi connectivity index (χ4v) is 2.07. The van der Waals surface area contributed by atoms with E-state index in [9.17, 15) is 9.90 Å². The van der Waals surface area contributed by atoms with E-state index in [4.69, 9.17) is 10.5 Å². The van der Waals surface area contributed by atoms with Crippen molar-refractivity contribution < 1.29 is 14.6 Å². The van der Waals surface area contributed by atoms with Gasteiger partial charge < -0.3 is 20.9 Å². The van der Waals surface area contributed by atoms with Crippen LogP contribution in [0.2, 0.25) is 0 Å². The average molecular weight is 276 g/mol. The predicted molar refractivity (Wildman–Crippen MR) is 77.9 cm³/mol. The zero-order chi connectivity index (χ0) is 14.4. The van der Waals surface area contributed by atoms with E-state index in [-0.39, 0.29) is 12.5 Å². The van der Waals surface area contributed by atoms with Crippen LogP contribution in [0.5, 0.6) is 0 Å². The summed E-state index contributed by atoms with van der Waals surface area (Å²) >= 11 is 0. The van der Waals surface area contributed by atoms with Crippen LogP contribution in [-0.2, 0) is 9.53 Å². The number of rotatable bonds is 4. The maximum atomic E-state index is 11.7. The first-order chi connectivity index (χ1) is 9.57. The Balaban J connectivity index is 1.83. The summed E-state index contributed by atoms with van der Waals surface area (Å²) in [6.45, 7) is 1.31. The molecule has 20 heavy (non-hydrogen) atoms. The molecule has 0 bridgehead atoms. The van der Waals surface area contributed by atoms with Crippen molar-refractivity contribution >= 4 is 17.7 Å². The molecule has 5 nitrogen and oxygen atoms in total. The Morgan fingerprint density at radius 2 is 2.20 bits per heavy atom. The van der Waals surface area contributed by atoms with Gasteiger partial charge in [-0.25, -0.2) is 0 Å². The normalized spacial score (nSPS) is 18.1. The smallest absolute Gasteiger partial charge is 0.244 e. The van der Waals surface area contributed by atoms with Gasteiger partial charge in [-0.2, -0.15) is 0 Å². The number of benzene rings is 1. The summed E-state index contributed by atoms with van der Waals surface area (Å²) in [5, 5.41) is 12.9. The third kappa shape index (κ3) is 4.36. The molecule has 5 heteroatoms. The topological polar surface area (TPSA) is 84.6 Å². The summed E-state index contributed by atoms with van der Waals surface area (Å²) in [6, 6.07) is 7.28. The number of carbonyl (C=O) groups is 1. The van der Waals surface area contributed by atoms with Crippen LogP contribution in [-0.4, -0.2) is 36.4 Å². The van der Waals surface area contributed by atoms with Gasteiger partial charge in [-0.3, -0.25) is 4.79 Å². The molecule has 0 aliphatic carbocycles. The minimum Gasteiger partial charge on any atom is -0.399 e. The van der Waals surface area contributed by atoms with Gasteiger partial charge in [0, 0.05) is 44.4 Å². The second kappa shape index (κ2) is 6.54. The van der Waals surface area contributed by atoms with Crippen LogP contribution in [0.15, 0.2) is 30.3 Å². The van der Waals surface area contributed by atoms with Gasteiger partial charge in [0.15, 0.2) is 0 Å². The van der Waals surface area contributed by atoms with Crippen molar-refractivity contribution in [3.8, 4) is 0 Å². The lowest BCUT2D eigenvalue weighted by atomic mass is 9.94. The van der Waals surface area contributed by atoms with Crippen LogP contribution < -0.4 is 11.1 Å². The lowest BCUT2D eigenvalue weighted by Gasteiger charge is -2.31.